The standard InChI is InChI=1S/C9H12N4O4/c14-6(15)4-5-2-1-3-13(5)7-8(16)10-9(17)12-11-7/h5H,1-4H2,(H,14,15)(H2,10,12,16,17). The number of carboxylic acid groups (broad SMARTS) is 1. The first-order valence-electron chi connectivity index (χ1n) is 5.25. The summed E-state index contributed by atoms with van der Waals surface area (Å²) in [6.45, 7) is 0.570. The van der Waals surface area contributed by atoms with Crippen LogP contribution in [0, 0.1) is 0 Å². The first-order valence-corrected chi connectivity index (χ1v) is 5.25. The van der Waals surface area contributed by atoms with E-state index in [4.69, 9.17) is 5.11 Å². The maximum atomic E-state index is 11.5. The van der Waals surface area contributed by atoms with Crippen molar-refractivity contribution in [3.05, 3.63) is 20.8 Å². The zero-order valence-corrected chi connectivity index (χ0v) is 8.97. The van der Waals surface area contributed by atoms with Gasteiger partial charge in [-0.25, -0.2) is 9.89 Å². The van der Waals surface area contributed by atoms with Gasteiger partial charge in [0.05, 0.1) is 6.42 Å². The highest BCUT2D eigenvalue weighted by Gasteiger charge is 2.29. The zero-order valence-electron chi connectivity index (χ0n) is 8.97. The van der Waals surface area contributed by atoms with E-state index in [2.05, 4.69) is 15.2 Å². The Morgan fingerprint density at radius 2 is 2.29 bits per heavy atom. The van der Waals surface area contributed by atoms with Gasteiger partial charge in [-0.05, 0) is 12.8 Å². The molecular weight excluding hydrogens is 228 g/mol. The van der Waals surface area contributed by atoms with Gasteiger partial charge in [-0.3, -0.25) is 14.6 Å². The maximum absolute atomic E-state index is 11.5. The van der Waals surface area contributed by atoms with Crippen LogP contribution in [0.4, 0.5) is 5.82 Å². The summed E-state index contributed by atoms with van der Waals surface area (Å²) in [5, 5.41) is 14.6. The number of aromatic nitrogens is 3. The summed E-state index contributed by atoms with van der Waals surface area (Å²) in [6.07, 6.45) is 1.46. The van der Waals surface area contributed by atoms with Crippen molar-refractivity contribution in [2.75, 3.05) is 11.4 Å². The molecule has 1 aliphatic heterocycles. The van der Waals surface area contributed by atoms with Crippen LogP contribution in [0.1, 0.15) is 19.3 Å². The predicted octanol–water partition coefficient (Wildman–Crippen LogP) is -1.10. The third-order valence-electron chi connectivity index (χ3n) is 2.75. The molecule has 1 aromatic rings. The summed E-state index contributed by atoms with van der Waals surface area (Å²) in [5.74, 6) is -0.837. The molecule has 0 aliphatic carbocycles. The lowest BCUT2D eigenvalue weighted by Crippen LogP contribution is -2.38. The molecule has 8 heteroatoms. The minimum atomic E-state index is -0.914. The molecule has 0 bridgehead atoms. The van der Waals surface area contributed by atoms with Crippen molar-refractivity contribution in [1.29, 1.82) is 0 Å². The summed E-state index contributed by atoms with van der Waals surface area (Å²) in [5.41, 5.74) is -1.27. The number of carboxylic acids is 1. The van der Waals surface area contributed by atoms with Crippen LogP contribution in [0.3, 0.4) is 0 Å². The van der Waals surface area contributed by atoms with Crippen LogP contribution in [0.2, 0.25) is 0 Å². The lowest BCUT2D eigenvalue weighted by atomic mass is 10.1. The number of hydrogen-bond donors (Lipinski definition) is 3. The van der Waals surface area contributed by atoms with Gasteiger partial charge in [0.2, 0.25) is 5.82 Å². The van der Waals surface area contributed by atoms with Gasteiger partial charge in [0.1, 0.15) is 0 Å². The minimum Gasteiger partial charge on any atom is -0.481 e. The van der Waals surface area contributed by atoms with Crippen molar-refractivity contribution in [3.63, 3.8) is 0 Å². The van der Waals surface area contributed by atoms with Gasteiger partial charge in [0, 0.05) is 12.6 Å². The first-order chi connectivity index (χ1) is 8.08. The van der Waals surface area contributed by atoms with E-state index in [1.165, 1.54) is 0 Å². The summed E-state index contributed by atoms with van der Waals surface area (Å²) >= 11 is 0. The van der Waals surface area contributed by atoms with Crippen molar-refractivity contribution in [2.45, 2.75) is 25.3 Å². The molecule has 0 amide bonds. The molecule has 0 radical (unpaired) electrons. The number of anilines is 1. The van der Waals surface area contributed by atoms with E-state index >= 15 is 0 Å². The van der Waals surface area contributed by atoms with E-state index in [0.29, 0.717) is 13.0 Å². The summed E-state index contributed by atoms with van der Waals surface area (Å²) in [7, 11) is 0. The number of nitrogens with one attached hydrogen (secondary N) is 2. The Kier molecular flexibility index (Phi) is 2.94. The third-order valence-corrected chi connectivity index (χ3v) is 2.75. The molecule has 8 nitrogen and oxygen atoms in total. The number of nitrogens with zero attached hydrogens (tertiary/aromatic N) is 2. The van der Waals surface area contributed by atoms with Crippen LogP contribution in [0.15, 0.2) is 9.59 Å². The quantitative estimate of drug-likeness (QED) is 0.617. The van der Waals surface area contributed by atoms with Gasteiger partial charge in [-0.1, -0.05) is 0 Å². The van der Waals surface area contributed by atoms with Crippen LogP contribution in [-0.4, -0.2) is 38.8 Å². The van der Waals surface area contributed by atoms with Crippen LogP contribution in [0.25, 0.3) is 0 Å². The Morgan fingerprint density at radius 1 is 1.53 bits per heavy atom. The molecule has 1 fully saturated rings. The monoisotopic (exact) mass is 240 g/mol. The normalized spacial score (nSPS) is 19.5. The Bertz CT molecular complexity index is 534. The molecule has 1 saturated heterocycles. The van der Waals surface area contributed by atoms with Gasteiger partial charge < -0.3 is 10.0 Å². The van der Waals surface area contributed by atoms with E-state index in [0.717, 1.165) is 6.42 Å². The second-order valence-corrected chi connectivity index (χ2v) is 3.92. The van der Waals surface area contributed by atoms with Crippen LogP contribution < -0.4 is 16.1 Å². The highest BCUT2D eigenvalue weighted by atomic mass is 16.4. The zero-order chi connectivity index (χ0) is 12.4. The van der Waals surface area contributed by atoms with Gasteiger partial charge in [-0.15, -0.1) is 5.10 Å². The van der Waals surface area contributed by atoms with E-state index in [9.17, 15) is 14.4 Å². The van der Waals surface area contributed by atoms with E-state index in [1.54, 1.807) is 4.90 Å². The molecule has 3 N–H and O–H groups in total. The number of carbonyl (C=O) groups is 1. The first kappa shape index (κ1) is 11.4. The second kappa shape index (κ2) is 4.40. The molecule has 1 aromatic heterocycles. The van der Waals surface area contributed by atoms with Crippen molar-refractivity contribution in [1.82, 2.24) is 15.2 Å². The fourth-order valence-corrected chi connectivity index (χ4v) is 2.06. The second-order valence-electron chi connectivity index (χ2n) is 3.92. The fourth-order valence-electron chi connectivity index (χ4n) is 2.06. The molecule has 1 aliphatic rings. The van der Waals surface area contributed by atoms with Crippen molar-refractivity contribution >= 4 is 11.8 Å². The molecule has 2 rings (SSSR count). The van der Waals surface area contributed by atoms with Gasteiger partial charge in [0.25, 0.3) is 5.56 Å². The molecule has 0 aromatic carbocycles. The number of aliphatic carboxylic acids is 1. The lowest BCUT2D eigenvalue weighted by molar-refractivity contribution is -0.137. The fraction of sp³-hybridized carbons (Fsp3) is 0.556. The Labute approximate surface area is 95.3 Å². The average molecular weight is 240 g/mol. The smallest absolute Gasteiger partial charge is 0.342 e. The molecule has 2 heterocycles. The van der Waals surface area contributed by atoms with Crippen LogP contribution in [0.5, 0.6) is 0 Å². The Morgan fingerprint density at radius 3 is 2.94 bits per heavy atom. The largest absolute Gasteiger partial charge is 0.481 e. The number of hydrogen-bond acceptors (Lipinski definition) is 5. The molecule has 0 saturated carbocycles. The van der Waals surface area contributed by atoms with Gasteiger partial charge >= 0.3 is 11.7 Å². The molecule has 1 unspecified atom stereocenters. The average Bonchev–Trinajstić information content (AvgIpc) is 2.65. The van der Waals surface area contributed by atoms with Crippen molar-refractivity contribution in [2.24, 2.45) is 0 Å². The molecule has 17 heavy (non-hydrogen) atoms. The lowest BCUT2D eigenvalue weighted by Gasteiger charge is -2.22. The molecule has 0 spiro atoms. The Balaban J connectivity index is 2.29. The predicted molar refractivity (Wildman–Crippen MR) is 58.1 cm³/mol. The number of rotatable bonds is 3. The van der Waals surface area contributed by atoms with E-state index in [-0.39, 0.29) is 18.3 Å². The molecule has 92 valence electrons. The SMILES string of the molecule is O=C(O)CC1CCCN1c1n[nH]c(=O)[nH]c1=O. The van der Waals surface area contributed by atoms with Crippen molar-refractivity contribution in [3.8, 4) is 0 Å². The molecule has 1 atom stereocenters. The van der Waals surface area contributed by atoms with E-state index < -0.39 is 17.2 Å². The minimum absolute atomic E-state index is 0.0414. The molecular formula is C9H12N4O4. The topological polar surface area (TPSA) is 119 Å². The Hall–Kier alpha value is -2.12. The maximum Gasteiger partial charge on any atom is 0.342 e. The van der Waals surface area contributed by atoms with E-state index in [1.807, 2.05) is 0 Å². The third kappa shape index (κ3) is 2.35. The van der Waals surface area contributed by atoms with Crippen molar-refractivity contribution < 1.29 is 9.90 Å². The van der Waals surface area contributed by atoms with Gasteiger partial charge in [-0.2, -0.15) is 0 Å². The summed E-state index contributed by atoms with van der Waals surface area (Å²) in [4.78, 5) is 36.7. The summed E-state index contributed by atoms with van der Waals surface area (Å²) in [6, 6.07) is -0.244. The highest BCUT2D eigenvalue weighted by Crippen LogP contribution is 2.22. The summed E-state index contributed by atoms with van der Waals surface area (Å²) < 4.78 is 0. The number of H-pyrrole nitrogens is 2. The highest BCUT2D eigenvalue weighted by molar-refractivity contribution is 5.68. The number of aromatic amines is 2. The van der Waals surface area contributed by atoms with Gasteiger partial charge in [0.15, 0.2) is 0 Å². The van der Waals surface area contributed by atoms with Crippen LogP contribution in [-0.2, 0) is 4.79 Å². The van der Waals surface area contributed by atoms with Crippen LogP contribution >= 0.6 is 0 Å².